The molecule has 0 unspecified atom stereocenters. The van der Waals surface area contributed by atoms with E-state index in [4.69, 9.17) is 0 Å². The first-order valence-electron chi connectivity index (χ1n) is 4.74. The van der Waals surface area contributed by atoms with Gasteiger partial charge in [0.1, 0.15) is 5.82 Å². The molecular formula is C11H13FN+. The summed E-state index contributed by atoms with van der Waals surface area (Å²) in [5.41, 5.74) is 6.23. The maximum absolute atomic E-state index is 12.7. The van der Waals surface area contributed by atoms with Crippen LogP contribution in [-0.4, -0.2) is 5.54 Å². The van der Waals surface area contributed by atoms with Gasteiger partial charge in [-0.3, -0.25) is 0 Å². The van der Waals surface area contributed by atoms with Crippen LogP contribution in [0, 0.1) is 5.82 Å². The summed E-state index contributed by atoms with van der Waals surface area (Å²) in [5.74, 6) is -0.139. The Morgan fingerprint density at radius 2 is 1.62 bits per heavy atom. The fourth-order valence-corrected chi connectivity index (χ4v) is 3.11. The van der Waals surface area contributed by atoms with E-state index in [1.807, 2.05) is 12.1 Å². The third kappa shape index (κ3) is 0.841. The van der Waals surface area contributed by atoms with Gasteiger partial charge in [-0.15, -0.1) is 0 Å². The van der Waals surface area contributed by atoms with E-state index < -0.39 is 0 Å². The molecule has 0 aliphatic heterocycles. The first-order valence-corrected chi connectivity index (χ1v) is 4.74. The first kappa shape index (κ1) is 7.51. The Labute approximate surface area is 76.7 Å². The predicted octanol–water partition coefficient (Wildman–Crippen LogP) is 1.24. The van der Waals surface area contributed by atoms with Crippen LogP contribution in [0.25, 0.3) is 0 Å². The van der Waals surface area contributed by atoms with E-state index in [0.29, 0.717) is 11.0 Å². The number of hydrogen-bond acceptors (Lipinski definition) is 0. The minimum absolute atomic E-state index is 0.139. The predicted molar refractivity (Wildman–Crippen MR) is 47.5 cm³/mol. The van der Waals surface area contributed by atoms with Crippen molar-refractivity contribution in [1.82, 2.24) is 0 Å². The Morgan fingerprint density at radius 3 is 2.08 bits per heavy atom. The molecule has 4 rings (SSSR count). The molecule has 3 fully saturated rings. The molecule has 1 aromatic carbocycles. The molecule has 1 nitrogen and oxygen atoms in total. The van der Waals surface area contributed by atoms with Crippen LogP contribution in [0.4, 0.5) is 4.39 Å². The molecule has 3 aliphatic carbocycles. The minimum atomic E-state index is -0.139. The van der Waals surface area contributed by atoms with Gasteiger partial charge >= 0.3 is 0 Å². The fourth-order valence-electron chi connectivity index (χ4n) is 3.11. The average Bonchev–Trinajstić information content (AvgIpc) is 1.99. The van der Waals surface area contributed by atoms with E-state index in [9.17, 15) is 4.39 Å². The maximum atomic E-state index is 12.7. The lowest BCUT2D eigenvalue weighted by Crippen LogP contribution is -2.90. The highest BCUT2D eigenvalue weighted by atomic mass is 19.1. The number of halogens is 1. The molecule has 13 heavy (non-hydrogen) atoms. The second-order valence-corrected chi connectivity index (χ2v) is 4.82. The molecule has 0 heterocycles. The van der Waals surface area contributed by atoms with Crippen LogP contribution in [0.1, 0.15) is 24.8 Å². The molecule has 0 saturated heterocycles. The van der Waals surface area contributed by atoms with Crippen molar-refractivity contribution in [3.05, 3.63) is 35.6 Å². The summed E-state index contributed by atoms with van der Waals surface area (Å²) in [6.07, 6.45) is 3.60. The molecule has 0 spiro atoms. The summed E-state index contributed by atoms with van der Waals surface area (Å²) >= 11 is 0. The van der Waals surface area contributed by atoms with Crippen LogP contribution in [0.3, 0.4) is 0 Å². The summed E-state index contributed by atoms with van der Waals surface area (Å²) in [6.45, 7) is 0. The highest BCUT2D eigenvalue weighted by Gasteiger charge is 2.69. The number of hydrogen-bond donors (Lipinski definition) is 1. The zero-order chi connectivity index (χ0) is 9.10. The molecule has 3 saturated carbocycles. The van der Waals surface area contributed by atoms with E-state index in [-0.39, 0.29) is 5.82 Å². The lowest BCUT2D eigenvalue weighted by atomic mass is 9.38. The number of rotatable bonds is 1. The van der Waals surface area contributed by atoms with Crippen LogP contribution in [0.15, 0.2) is 24.3 Å². The van der Waals surface area contributed by atoms with Crippen LogP contribution >= 0.6 is 0 Å². The highest BCUT2D eigenvalue weighted by Crippen LogP contribution is 2.65. The van der Waals surface area contributed by atoms with Crippen LogP contribution in [0.5, 0.6) is 0 Å². The molecule has 3 N–H and O–H groups in total. The number of quaternary nitrogens is 1. The zero-order valence-corrected chi connectivity index (χ0v) is 7.52. The third-order valence-corrected chi connectivity index (χ3v) is 3.60. The standard InChI is InChI=1S/C11H12FN/c12-9-3-1-8(2-4-9)10-5-11(13,6-10)7-10/h1-4H,5-7,13H2/p+1. The Bertz CT molecular complexity index is 335. The SMILES string of the molecule is [NH3+]C12CC(c3ccc(F)cc3)(C1)C2. The van der Waals surface area contributed by atoms with E-state index in [1.54, 1.807) is 12.1 Å². The molecular weight excluding hydrogens is 165 g/mol. The Kier molecular flexibility index (Phi) is 1.13. The topological polar surface area (TPSA) is 27.6 Å². The van der Waals surface area contributed by atoms with Gasteiger partial charge in [0.15, 0.2) is 0 Å². The Balaban J connectivity index is 1.91. The molecule has 0 aromatic heterocycles. The second kappa shape index (κ2) is 1.95. The highest BCUT2D eigenvalue weighted by molar-refractivity contribution is 5.39. The number of benzene rings is 1. The van der Waals surface area contributed by atoms with Crippen molar-refractivity contribution in [2.45, 2.75) is 30.2 Å². The zero-order valence-electron chi connectivity index (χ0n) is 7.52. The van der Waals surface area contributed by atoms with Crippen molar-refractivity contribution < 1.29 is 10.1 Å². The van der Waals surface area contributed by atoms with Gasteiger partial charge in [-0.1, -0.05) is 12.1 Å². The van der Waals surface area contributed by atoms with Gasteiger partial charge in [0.2, 0.25) is 0 Å². The quantitative estimate of drug-likeness (QED) is 0.670. The normalized spacial score (nSPS) is 40.8. The van der Waals surface area contributed by atoms with Crippen molar-refractivity contribution in [3.63, 3.8) is 0 Å². The second-order valence-electron chi connectivity index (χ2n) is 4.82. The molecule has 0 atom stereocenters. The third-order valence-electron chi connectivity index (χ3n) is 3.60. The average molecular weight is 178 g/mol. The van der Waals surface area contributed by atoms with Crippen LogP contribution < -0.4 is 5.73 Å². The van der Waals surface area contributed by atoms with Crippen molar-refractivity contribution in [1.29, 1.82) is 0 Å². The molecule has 0 radical (unpaired) electrons. The van der Waals surface area contributed by atoms with Crippen molar-refractivity contribution in [2.24, 2.45) is 0 Å². The van der Waals surface area contributed by atoms with E-state index in [1.165, 1.54) is 24.8 Å². The summed E-state index contributed by atoms with van der Waals surface area (Å²) < 4.78 is 12.7. The largest absolute Gasteiger partial charge is 0.353 e. The summed E-state index contributed by atoms with van der Waals surface area (Å²) in [5, 5.41) is 0. The van der Waals surface area contributed by atoms with Gasteiger partial charge in [-0.2, -0.15) is 0 Å². The lowest BCUT2D eigenvalue weighted by Gasteiger charge is -2.66. The van der Waals surface area contributed by atoms with Gasteiger partial charge in [0.25, 0.3) is 0 Å². The van der Waals surface area contributed by atoms with Gasteiger partial charge in [-0.25, -0.2) is 4.39 Å². The fraction of sp³-hybridized carbons (Fsp3) is 0.455. The smallest absolute Gasteiger partial charge is 0.123 e. The minimum Gasteiger partial charge on any atom is -0.353 e. The summed E-state index contributed by atoms with van der Waals surface area (Å²) in [4.78, 5) is 0. The van der Waals surface area contributed by atoms with Gasteiger partial charge in [0.05, 0.1) is 5.54 Å². The van der Waals surface area contributed by atoms with Crippen molar-refractivity contribution in [3.8, 4) is 0 Å². The van der Waals surface area contributed by atoms with Gasteiger partial charge < -0.3 is 5.73 Å². The Hall–Kier alpha value is -0.890. The lowest BCUT2D eigenvalue weighted by molar-refractivity contribution is -0.555. The molecule has 3 aliphatic rings. The molecule has 68 valence electrons. The Morgan fingerprint density at radius 1 is 1.08 bits per heavy atom. The molecule has 0 amide bonds. The molecule has 2 heteroatoms. The van der Waals surface area contributed by atoms with Gasteiger partial charge in [-0.05, 0) is 17.7 Å². The van der Waals surface area contributed by atoms with Gasteiger partial charge in [0, 0.05) is 24.7 Å². The van der Waals surface area contributed by atoms with Crippen molar-refractivity contribution >= 4 is 0 Å². The van der Waals surface area contributed by atoms with Crippen molar-refractivity contribution in [2.75, 3.05) is 0 Å². The van der Waals surface area contributed by atoms with E-state index in [2.05, 4.69) is 5.73 Å². The summed E-state index contributed by atoms with van der Waals surface area (Å²) in [7, 11) is 0. The van der Waals surface area contributed by atoms with Crippen LogP contribution in [0.2, 0.25) is 0 Å². The van der Waals surface area contributed by atoms with Crippen LogP contribution in [-0.2, 0) is 5.41 Å². The van der Waals surface area contributed by atoms with E-state index >= 15 is 0 Å². The molecule has 2 bridgehead atoms. The maximum Gasteiger partial charge on any atom is 0.123 e. The van der Waals surface area contributed by atoms with E-state index in [0.717, 1.165) is 0 Å². The molecule has 1 aromatic rings. The monoisotopic (exact) mass is 178 g/mol. The first-order chi connectivity index (χ1) is 6.12. The summed E-state index contributed by atoms with van der Waals surface area (Å²) in [6, 6.07) is 6.97.